The van der Waals surface area contributed by atoms with Gasteiger partial charge in [0.1, 0.15) is 0 Å². The van der Waals surface area contributed by atoms with Crippen molar-refractivity contribution in [3.05, 3.63) is 24.3 Å². The lowest BCUT2D eigenvalue weighted by atomic mass is 10.2. The Labute approximate surface area is 143 Å². The lowest BCUT2D eigenvalue weighted by Crippen LogP contribution is -2.36. The van der Waals surface area contributed by atoms with E-state index in [4.69, 9.17) is 5.73 Å². The molecular formula is C17H25ClN4O. The number of carbonyl (C=O) groups excluding carboxylic acids is 1. The smallest absolute Gasteiger partial charge is 0.243 e. The molecule has 126 valence electrons. The first-order valence-electron chi connectivity index (χ1n) is 8.24. The summed E-state index contributed by atoms with van der Waals surface area (Å²) in [5, 5.41) is 2.95. The summed E-state index contributed by atoms with van der Waals surface area (Å²) in [4.78, 5) is 16.9. The minimum Gasteiger partial charge on any atom is -0.320 e. The van der Waals surface area contributed by atoms with Gasteiger partial charge in [-0.3, -0.25) is 10.1 Å². The molecule has 1 atom stereocenters. The van der Waals surface area contributed by atoms with Crippen molar-refractivity contribution in [1.82, 2.24) is 9.55 Å². The first-order chi connectivity index (χ1) is 10.7. The van der Waals surface area contributed by atoms with Crippen molar-refractivity contribution in [2.75, 3.05) is 5.32 Å². The number of para-hydroxylation sites is 2. The van der Waals surface area contributed by atoms with Crippen molar-refractivity contribution in [3.8, 4) is 0 Å². The van der Waals surface area contributed by atoms with Gasteiger partial charge in [0.25, 0.3) is 0 Å². The number of nitrogens with two attached hydrogens (primary N) is 1. The van der Waals surface area contributed by atoms with Gasteiger partial charge in [0.2, 0.25) is 11.9 Å². The highest BCUT2D eigenvalue weighted by atomic mass is 35.5. The summed E-state index contributed by atoms with van der Waals surface area (Å²) in [6, 6.07) is 8.00. The normalized spacial score (nSPS) is 16.3. The minimum absolute atomic E-state index is 0. The quantitative estimate of drug-likeness (QED) is 0.875. The number of nitrogens with one attached hydrogen (secondary N) is 1. The van der Waals surface area contributed by atoms with E-state index in [1.54, 1.807) is 0 Å². The van der Waals surface area contributed by atoms with Crippen LogP contribution in [0.25, 0.3) is 11.0 Å². The van der Waals surface area contributed by atoms with E-state index in [1.807, 2.05) is 25.1 Å². The van der Waals surface area contributed by atoms with Gasteiger partial charge in [-0.25, -0.2) is 4.98 Å². The molecule has 0 radical (unpaired) electrons. The predicted octanol–water partition coefficient (Wildman–Crippen LogP) is 3.64. The van der Waals surface area contributed by atoms with Crippen molar-refractivity contribution in [2.24, 2.45) is 5.73 Å². The Morgan fingerprint density at radius 2 is 2.09 bits per heavy atom. The SMILES string of the molecule is CCCC(N)C(=O)Nc1nc2ccccc2n1C1CCCC1.Cl. The molecule has 1 unspecified atom stereocenters. The summed E-state index contributed by atoms with van der Waals surface area (Å²) in [6.45, 7) is 2.03. The van der Waals surface area contributed by atoms with Crippen LogP contribution in [-0.2, 0) is 4.79 Å². The van der Waals surface area contributed by atoms with Crippen LogP contribution in [0.5, 0.6) is 0 Å². The fourth-order valence-electron chi connectivity index (χ4n) is 3.31. The molecule has 3 N–H and O–H groups in total. The third-order valence-electron chi connectivity index (χ3n) is 4.46. The molecule has 1 aliphatic carbocycles. The maximum atomic E-state index is 12.3. The maximum absolute atomic E-state index is 12.3. The molecule has 23 heavy (non-hydrogen) atoms. The number of anilines is 1. The highest BCUT2D eigenvalue weighted by Gasteiger charge is 2.24. The summed E-state index contributed by atoms with van der Waals surface area (Å²) in [7, 11) is 0. The van der Waals surface area contributed by atoms with Crippen molar-refractivity contribution >= 4 is 35.3 Å². The van der Waals surface area contributed by atoms with Crippen molar-refractivity contribution in [3.63, 3.8) is 0 Å². The number of amides is 1. The van der Waals surface area contributed by atoms with E-state index in [0.29, 0.717) is 18.4 Å². The van der Waals surface area contributed by atoms with Gasteiger partial charge in [0, 0.05) is 6.04 Å². The second kappa shape index (κ2) is 7.79. The van der Waals surface area contributed by atoms with Crippen LogP contribution < -0.4 is 11.1 Å². The third kappa shape index (κ3) is 3.67. The Hall–Kier alpha value is -1.59. The summed E-state index contributed by atoms with van der Waals surface area (Å²) >= 11 is 0. The van der Waals surface area contributed by atoms with Gasteiger partial charge in [0.15, 0.2) is 0 Å². The highest BCUT2D eigenvalue weighted by Crippen LogP contribution is 2.35. The van der Waals surface area contributed by atoms with E-state index in [0.717, 1.165) is 30.3 Å². The molecule has 1 aromatic carbocycles. The Morgan fingerprint density at radius 3 is 2.78 bits per heavy atom. The summed E-state index contributed by atoms with van der Waals surface area (Å²) in [6.07, 6.45) is 6.34. The number of nitrogens with zero attached hydrogens (tertiary/aromatic N) is 2. The molecule has 1 fully saturated rings. The monoisotopic (exact) mass is 336 g/mol. The molecule has 0 bridgehead atoms. The molecule has 6 heteroatoms. The Morgan fingerprint density at radius 1 is 1.39 bits per heavy atom. The van der Waals surface area contributed by atoms with Crippen LogP contribution in [0.1, 0.15) is 51.5 Å². The van der Waals surface area contributed by atoms with Gasteiger partial charge in [-0.05, 0) is 31.4 Å². The lowest BCUT2D eigenvalue weighted by molar-refractivity contribution is -0.117. The summed E-state index contributed by atoms with van der Waals surface area (Å²) in [5.41, 5.74) is 7.94. The van der Waals surface area contributed by atoms with Crippen LogP contribution in [0.4, 0.5) is 5.95 Å². The molecular weight excluding hydrogens is 312 g/mol. The van der Waals surface area contributed by atoms with Crippen molar-refractivity contribution in [2.45, 2.75) is 57.5 Å². The fourth-order valence-corrected chi connectivity index (χ4v) is 3.31. The van der Waals surface area contributed by atoms with E-state index >= 15 is 0 Å². The summed E-state index contributed by atoms with van der Waals surface area (Å²) < 4.78 is 2.19. The van der Waals surface area contributed by atoms with Crippen LogP contribution in [0.2, 0.25) is 0 Å². The first-order valence-corrected chi connectivity index (χ1v) is 8.24. The Kier molecular flexibility index (Phi) is 6.02. The number of halogens is 1. The molecule has 1 aliphatic rings. The topological polar surface area (TPSA) is 72.9 Å². The van der Waals surface area contributed by atoms with Crippen LogP contribution in [0.3, 0.4) is 0 Å². The van der Waals surface area contributed by atoms with Gasteiger partial charge in [-0.1, -0.05) is 38.3 Å². The van der Waals surface area contributed by atoms with Crippen LogP contribution in [0.15, 0.2) is 24.3 Å². The number of hydrogen-bond acceptors (Lipinski definition) is 3. The largest absolute Gasteiger partial charge is 0.320 e. The van der Waals surface area contributed by atoms with Crippen molar-refractivity contribution < 1.29 is 4.79 Å². The van der Waals surface area contributed by atoms with Crippen LogP contribution >= 0.6 is 12.4 Å². The molecule has 2 aromatic rings. The van der Waals surface area contributed by atoms with Crippen LogP contribution in [-0.4, -0.2) is 21.5 Å². The number of benzene rings is 1. The Balaban J connectivity index is 0.00000192. The van der Waals surface area contributed by atoms with Gasteiger partial charge >= 0.3 is 0 Å². The minimum atomic E-state index is -0.471. The number of hydrogen-bond donors (Lipinski definition) is 2. The predicted molar refractivity (Wildman–Crippen MR) is 96.0 cm³/mol. The molecule has 3 rings (SSSR count). The van der Waals surface area contributed by atoms with E-state index < -0.39 is 6.04 Å². The molecule has 1 aromatic heterocycles. The molecule has 0 aliphatic heterocycles. The number of rotatable bonds is 5. The van der Waals surface area contributed by atoms with Gasteiger partial charge < -0.3 is 10.3 Å². The molecule has 0 saturated heterocycles. The summed E-state index contributed by atoms with van der Waals surface area (Å²) in [5.74, 6) is 0.501. The van der Waals surface area contributed by atoms with Gasteiger partial charge in [0.05, 0.1) is 17.1 Å². The zero-order chi connectivity index (χ0) is 15.5. The fraction of sp³-hybridized carbons (Fsp3) is 0.529. The molecule has 5 nitrogen and oxygen atoms in total. The number of aromatic nitrogens is 2. The zero-order valence-corrected chi connectivity index (χ0v) is 14.3. The average molecular weight is 337 g/mol. The average Bonchev–Trinajstić information content (AvgIpc) is 3.13. The number of carbonyl (C=O) groups is 1. The van der Waals surface area contributed by atoms with E-state index in [9.17, 15) is 4.79 Å². The first kappa shape index (κ1) is 17.8. The Bertz CT molecular complexity index is 664. The third-order valence-corrected chi connectivity index (χ3v) is 4.46. The van der Waals surface area contributed by atoms with E-state index in [-0.39, 0.29) is 18.3 Å². The number of imidazole rings is 1. The maximum Gasteiger partial charge on any atom is 0.243 e. The van der Waals surface area contributed by atoms with Gasteiger partial charge in [-0.15, -0.1) is 12.4 Å². The highest BCUT2D eigenvalue weighted by molar-refractivity contribution is 5.95. The molecule has 1 amide bonds. The number of fused-ring (bicyclic) bond motifs is 1. The zero-order valence-electron chi connectivity index (χ0n) is 13.5. The second-order valence-electron chi connectivity index (χ2n) is 6.12. The van der Waals surface area contributed by atoms with E-state index in [1.165, 1.54) is 12.8 Å². The molecule has 1 heterocycles. The van der Waals surface area contributed by atoms with Gasteiger partial charge in [-0.2, -0.15) is 0 Å². The van der Waals surface area contributed by atoms with Crippen LogP contribution in [0, 0.1) is 0 Å². The molecule has 1 saturated carbocycles. The standard InChI is InChI=1S/C17H24N4O.ClH/c1-2-7-13(18)16(22)20-17-19-14-10-5-6-11-15(14)21(17)12-8-3-4-9-12;/h5-6,10-13H,2-4,7-9,18H2,1H3,(H,19,20,22);1H. The lowest BCUT2D eigenvalue weighted by Gasteiger charge is -2.17. The van der Waals surface area contributed by atoms with Crippen molar-refractivity contribution in [1.29, 1.82) is 0 Å². The molecule has 0 spiro atoms. The van der Waals surface area contributed by atoms with E-state index in [2.05, 4.69) is 20.9 Å². The second-order valence-corrected chi connectivity index (χ2v) is 6.12.